The number of hydrogen-bond acceptors (Lipinski definition) is 7. The molecule has 0 bridgehead atoms. The van der Waals surface area contributed by atoms with Gasteiger partial charge in [0.25, 0.3) is 5.69 Å². The van der Waals surface area contributed by atoms with Gasteiger partial charge >= 0.3 is 0 Å². The number of nitrogens with zero attached hydrogens (tertiary/aromatic N) is 3. The predicted molar refractivity (Wildman–Crippen MR) is 70.8 cm³/mol. The van der Waals surface area contributed by atoms with E-state index in [0.29, 0.717) is 16.5 Å². The van der Waals surface area contributed by atoms with Crippen molar-refractivity contribution in [2.75, 3.05) is 11.2 Å². The van der Waals surface area contributed by atoms with Gasteiger partial charge in [-0.3, -0.25) is 15.5 Å². The number of thiazole rings is 1. The zero-order chi connectivity index (χ0) is 13.0. The number of rotatable bonds is 4. The van der Waals surface area contributed by atoms with E-state index in [2.05, 4.69) is 15.5 Å². The summed E-state index contributed by atoms with van der Waals surface area (Å²) in [6.07, 6.45) is 1.37. The molecule has 0 unspecified atom stereocenters. The second kappa shape index (κ2) is 5.23. The number of nitro benzene ring substituents is 1. The van der Waals surface area contributed by atoms with Gasteiger partial charge in [0, 0.05) is 11.4 Å². The lowest BCUT2D eigenvalue weighted by Gasteiger charge is -1.96. The number of nitrogens with two attached hydrogens (primary N) is 1. The summed E-state index contributed by atoms with van der Waals surface area (Å²) >= 11 is 1.30. The summed E-state index contributed by atoms with van der Waals surface area (Å²) < 4.78 is 0. The van der Waals surface area contributed by atoms with Crippen LogP contribution in [0.4, 0.5) is 16.6 Å². The molecule has 0 aliphatic rings. The average molecular weight is 263 g/mol. The van der Waals surface area contributed by atoms with Crippen LogP contribution in [0.25, 0.3) is 0 Å². The van der Waals surface area contributed by atoms with Crippen LogP contribution < -0.4 is 11.2 Å². The van der Waals surface area contributed by atoms with Crippen LogP contribution in [0, 0.1) is 10.1 Å². The smallest absolute Gasteiger partial charge is 0.278 e. The Morgan fingerprint density at radius 1 is 1.50 bits per heavy atom. The summed E-state index contributed by atoms with van der Waals surface area (Å²) in [4.78, 5) is 14.2. The standard InChI is InChI=1S/C10H9N5O2S/c11-9-6-18-10(13-9)14-12-5-7-3-1-2-4-8(7)15(16)17/h1-6H,11H2,(H,13,14). The molecule has 92 valence electrons. The van der Waals surface area contributed by atoms with Gasteiger partial charge in [0.1, 0.15) is 5.82 Å². The maximum atomic E-state index is 10.8. The lowest BCUT2D eigenvalue weighted by atomic mass is 10.2. The fourth-order valence-electron chi connectivity index (χ4n) is 1.26. The highest BCUT2D eigenvalue weighted by Crippen LogP contribution is 2.17. The van der Waals surface area contributed by atoms with Crippen molar-refractivity contribution in [2.45, 2.75) is 0 Å². The third-order valence-corrected chi connectivity index (χ3v) is 2.78. The summed E-state index contributed by atoms with van der Waals surface area (Å²) in [5.41, 5.74) is 8.52. The minimum atomic E-state index is -0.456. The number of hydrogen-bond donors (Lipinski definition) is 2. The maximum Gasteiger partial charge on any atom is 0.278 e. The summed E-state index contributed by atoms with van der Waals surface area (Å²) in [6.45, 7) is 0. The average Bonchev–Trinajstić information content (AvgIpc) is 2.75. The van der Waals surface area contributed by atoms with Gasteiger partial charge in [-0.1, -0.05) is 12.1 Å². The fourth-order valence-corrected chi connectivity index (χ4v) is 1.81. The molecule has 2 aromatic rings. The molecule has 0 fully saturated rings. The molecular formula is C10H9N5O2S. The van der Waals surface area contributed by atoms with Crippen molar-refractivity contribution < 1.29 is 4.92 Å². The Bertz CT molecular complexity index is 595. The first-order valence-corrected chi connectivity index (χ1v) is 5.78. The minimum Gasteiger partial charge on any atom is -0.383 e. The van der Waals surface area contributed by atoms with E-state index in [1.54, 1.807) is 23.6 Å². The number of aromatic nitrogens is 1. The van der Waals surface area contributed by atoms with Gasteiger partial charge in [-0.15, -0.1) is 11.3 Å². The lowest BCUT2D eigenvalue weighted by molar-refractivity contribution is -0.385. The molecule has 2 rings (SSSR count). The minimum absolute atomic E-state index is 0.00158. The van der Waals surface area contributed by atoms with E-state index < -0.39 is 4.92 Å². The topological polar surface area (TPSA) is 106 Å². The van der Waals surface area contributed by atoms with Gasteiger partial charge in [0.05, 0.1) is 16.7 Å². The van der Waals surface area contributed by atoms with Crippen molar-refractivity contribution in [3.63, 3.8) is 0 Å². The molecule has 18 heavy (non-hydrogen) atoms. The van der Waals surface area contributed by atoms with Crippen LogP contribution in [0.5, 0.6) is 0 Å². The van der Waals surface area contributed by atoms with Crippen LogP contribution in [0.2, 0.25) is 0 Å². The first kappa shape index (κ1) is 12.0. The van der Waals surface area contributed by atoms with Gasteiger partial charge < -0.3 is 5.73 Å². The van der Waals surface area contributed by atoms with Crippen molar-refractivity contribution in [1.29, 1.82) is 0 Å². The van der Waals surface area contributed by atoms with E-state index in [0.717, 1.165) is 0 Å². The Labute approximate surface area is 106 Å². The number of benzene rings is 1. The van der Waals surface area contributed by atoms with E-state index >= 15 is 0 Å². The molecular weight excluding hydrogens is 254 g/mol. The molecule has 0 radical (unpaired) electrons. The Hall–Kier alpha value is -2.48. The number of anilines is 2. The number of hydrazone groups is 1. The van der Waals surface area contributed by atoms with Crippen molar-refractivity contribution >= 4 is 34.2 Å². The van der Waals surface area contributed by atoms with Crippen LogP contribution >= 0.6 is 11.3 Å². The molecule has 0 spiro atoms. The van der Waals surface area contributed by atoms with E-state index in [9.17, 15) is 10.1 Å². The first-order valence-electron chi connectivity index (χ1n) is 4.90. The van der Waals surface area contributed by atoms with Gasteiger partial charge in [-0.05, 0) is 6.07 Å². The molecule has 0 saturated heterocycles. The molecule has 7 nitrogen and oxygen atoms in total. The Balaban J connectivity index is 2.11. The van der Waals surface area contributed by atoms with E-state index in [1.807, 2.05) is 0 Å². The summed E-state index contributed by atoms with van der Waals surface area (Å²) in [7, 11) is 0. The van der Waals surface area contributed by atoms with Crippen molar-refractivity contribution in [2.24, 2.45) is 5.10 Å². The van der Waals surface area contributed by atoms with Crippen LogP contribution in [0.15, 0.2) is 34.7 Å². The van der Waals surface area contributed by atoms with E-state index in [-0.39, 0.29) is 5.69 Å². The fraction of sp³-hybridized carbons (Fsp3) is 0. The largest absolute Gasteiger partial charge is 0.383 e. The van der Waals surface area contributed by atoms with Crippen molar-refractivity contribution in [3.8, 4) is 0 Å². The molecule has 1 aromatic carbocycles. The van der Waals surface area contributed by atoms with Crippen LogP contribution in [0.3, 0.4) is 0 Å². The maximum absolute atomic E-state index is 10.8. The molecule has 0 amide bonds. The second-order valence-electron chi connectivity index (χ2n) is 3.26. The number of para-hydroxylation sites is 1. The second-order valence-corrected chi connectivity index (χ2v) is 4.12. The molecule has 1 aromatic heterocycles. The van der Waals surface area contributed by atoms with Crippen LogP contribution in [0.1, 0.15) is 5.56 Å². The summed E-state index contributed by atoms with van der Waals surface area (Å²) in [6, 6.07) is 6.34. The third kappa shape index (κ3) is 2.80. The number of nitrogens with one attached hydrogen (secondary N) is 1. The van der Waals surface area contributed by atoms with Crippen molar-refractivity contribution in [1.82, 2.24) is 4.98 Å². The van der Waals surface area contributed by atoms with E-state index in [1.165, 1.54) is 23.6 Å². The van der Waals surface area contributed by atoms with Crippen molar-refractivity contribution in [3.05, 3.63) is 45.3 Å². The quantitative estimate of drug-likeness (QED) is 0.499. The highest BCUT2D eigenvalue weighted by atomic mass is 32.1. The van der Waals surface area contributed by atoms with Gasteiger partial charge in [0.2, 0.25) is 5.13 Å². The number of nitro groups is 1. The van der Waals surface area contributed by atoms with E-state index in [4.69, 9.17) is 5.73 Å². The first-order chi connectivity index (χ1) is 8.66. The molecule has 8 heteroatoms. The van der Waals surface area contributed by atoms with Gasteiger partial charge in [-0.2, -0.15) is 5.10 Å². The summed E-state index contributed by atoms with van der Waals surface area (Å²) in [5.74, 6) is 0.406. The highest BCUT2D eigenvalue weighted by molar-refractivity contribution is 7.14. The normalized spacial score (nSPS) is 10.7. The third-order valence-electron chi connectivity index (χ3n) is 2.02. The molecule has 1 heterocycles. The van der Waals surface area contributed by atoms with Crippen LogP contribution in [-0.2, 0) is 0 Å². The molecule has 0 saturated carbocycles. The SMILES string of the molecule is Nc1csc(NN=Cc2ccccc2[N+](=O)[O-])n1. The summed E-state index contributed by atoms with van der Waals surface area (Å²) in [5, 5.41) is 16.8. The predicted octanol–water partition coefficient (Wildman–Crippen LogP) is 2.08. The van der Waals surface area contributed by atoms with Gasteiger partial charge in [-0.25, -0.2) is 4.98 Å². The lowest BCUT2D eigenvalue weighted by Crippen LogP contribution is -1.96. The zero-order valence-corrected chi connectivity index (χ0v) is 9.92. The Kier molecular flexibility index (Phi) is 3.49. The van der Waals surface area contributed by atoms with Gasteiger partial charge in [0.15, 0.2) is 0 Å². The highest BCUT2D eigenvalue weighted by Gasteiger charge is 2.09. The monoisotopic (exact) mass is 263 g/mol. The zero-order valence-electron chi connectivity index (χ0n) is 9.11. The Morgan fingerprint density at radius 2 is 2.28 bits per heavy atom. The Morgan fingerprint density at radius 3 is 2.94 bits per heavy atom. The molecule has 0 atom stereocenters. The molecule has 3 N–H and O–H groups in total. The molecule has 0 aliphatic carbocycles. The van der Waals surface area contributed by atoms with Crippen LogP contribution in [-0.4, -0.2) is 16.1 Å². The molecule has 0 aliphatic heterocycles. The number of nitrogen functional groups attached to an aromatic ring is 1.